The Kier molecular flexibility index (Phi) is 9.77. The van der Waals surface area contributed by atoms with Gasteiger partial charge in [-0.05, 0) is 55.2 Å². The van der Waals surface area contributed by atoms with Crippen molar-refractivity contribution in [1.29, 1.82) is 0 Å². The third-order valence-corrected chi connectivity index (χ3v) is 9.81. The fourth-order valence-electron chi connectivity index (χ4n) is 5.51. The summed E-state index contributed by atoms with van der Waals surface area (Å²) in [6.07, 6.45) is 4.12. The normalized spacial score (nSPS) is 15.2. The van der Waals surface area contributed by atoms with Gasteiger partial charge >= 0.3 is 0 Å². The van der Waals surface area contributed by atoms with Crippen LogP contribution in [0.4, 0.5) is 5.69 Å². The lowest BCUT2D eigenvalue weighted by Gasteiger charge is -2.34. The highest BCUT2D eigenvalue weighted by molar-refractivity contribution is 7.92. The molecule has 0 aromatic heterocycles. The highest BCUT2D eigenvalue weighted by Gasteiger charge is 2.35. The second-order valence-corrected chi connectivity index (χ2v) is 13.4. The van der Waals surface area contributed by atoms with Crippen molar-refractivity contribution >= 4 is 39.1 Å². The van der Waals surface area contributed by atoms with Crippen molar-refractivity contribution in [3.63, 3.8) is 0 Å². The van der Waals surface area contributed by atoms with E-state index in [9.17, 15) is 18.0 Å². The van der Waals surface area contributed by atoms with Gasteiger partial charge in [0.1, 0.15) is 12.6 Å². The number of benzene rings is 3. The summed E-state index contributed by atoms with van der Waals surface area (Å²) in [4.78, 5) is 29.8. The smallest absolute Gasteiger partial charge is 0.244 e. The molecule has 0 saturated heterocycles. The van der Waals surface area contributed by atoms with Crippen LogP contribution in [0.3, 0.4) is 0 Å². The molecule has 1 atom stereocenters. The quantitative estimate of drug-likeness (QED) is 0.306. The lowest BCUT2D eigenvalue weighted by atomic mass is 10.0. The van der Waals surface area contributed by atoms with Crippen molar-refractivity contribution in [3.05, 3.63) is 88.9 Å². The molecule has 1 aliphatic heterocycles. The summed E-state index contributed by atoms with van der Waals surface area (Å²) in [6, 6.07) is 20.5. The Morgan fingerprint density at radius 3 is 2.40 bits per heavy atom. The van der Waals surface area contributed by atoms with Crippen LogP contribution in [0.1, 0.15) is 43.7 Å². The van der Waals surface area contributed by atoms with E-state index in [1.54, 1.807) is 36.4 Å². The number of anilines is 1. The van der Waals surface area contributed by atoms with Gasteiger partial charge < -0.3 is 19.7 Å². The Bertz CT molecular complexity index is 1550. The number of hydrogen-bond donors (Lipinski definition) is 1. The van der Waals surface area contributed by atoms with Crippen molar-refractivity contribution in [3.8, 4) is 11.5 Å². The van der Waals surface area contributed by atoms with Crippen LogP contribution in [0.5, 0.6) is 11.5 Å². The van der Waals surface area contributed by atoms with Gasteiger partial charge in [0, 0.05) is 30.1 Å². The minimum absolute atomic E-state index is 0.0307. The molecule has 1 saturated carbocycles. The number of fused-ring (bicyclic) bond motifs is 1. The van der Waals surface area contributed by atoms with Crippen molar-refractivity contribution in [1.82, 2.24) is 10.2 Å². The van der Waals surface area contributed by atoms with Crippen molar-refractivity contribution in [2.24, 2.45) is 0 Å². The minimum Gasteiger partial charge on any atom is -0.454 e. The fraction of sp³-hybridized carbons (Fsp3) is 0.375. The van der Waals surface area contributed by atoms with Crippen LogP contribution in [0.15, 0.2) is 72.8 Å². The van der Waals surface area contributed by atoms with Gasteiger partial charge in [-0.2, -0.15) is 0 Å². The standard InChI is InChI=1S/C32H36ClN3O6S/c1-2-43(39,40)36(27-15-16-29-30(19-27)42-22-41-29)21-31(37)35(20-24-11-8-12-25(33)17-24)28(18-23-9-4-3-5-10-23)32(38)34-26-13-6-7-14-26/h3-5,8-12,15-17,19,26,28H,2,6-7,13-14,18,20-22H2,1H3,(H,34,38). The first-order chi connectivity index (χ1) is 20.7. The lowest BCUT2D eigenvalue weighted by Crippen LogP contribution is -2.54. The summed E-state index contributed by atoms with van der Waals surface area (Å²) in [5.74, 6) is -0.109. The topological polar surface area (TPSA) is 105 Å². The first kappa shape index (κ1) is 30.7. The van der Waals surface area contributed by atoms with Crippen LogP contribution in [0, 0.1) is 0 Å². The molecule has 0 bridgehead atoms. The zero-order chi connectivity index (χ0) is 30.4. The van der Waals surface area contributed by atoms with Crippen LogP contribution >= 0.6 is 11.6 Å². The molecule has 1 fully saturated rings. The van der Waals surface area contributed by atoms with Gasteiger partial charge in [-0.1, -0.05) is 66.9 Å². The second-order valence-electron chi connectivity index (χ2n) is 10.8. The number of amides is 2. The van der Waals surface area contributed by atoms with Gasteiger partial charge in [0.05, 0.1) is 11.4 Å². The minimum atomic E-state index is -3.89. The molecule has 1 heterocycles. The van der Waals surface area contributed by atoms with Gasteiger partial charge in [0.25, 0.3) is 0 Å². The number of nitrogens with zero attached hydrogens (tertiary/aromatic N) is 2. The number of carbonyl (C=O) groups is 2. The maximum absolute atomic E-state index is 14.3. The molecule has 1 N–H and O–H groups in total. The Labute approximate surface area is 257 Å². The number of rotatable bonds is 12. The molecule has 3 aromatic rings. The average Bonchev–Trinajstić information content (AvgIpc) is 3.70. The SMILES string of the molecule is CCS(=O)(=O)N(CC(=O)N(Cc1cccc(Cl)c1)C(Cc1ccccc1)C(=O)NC1CCCC1)c1ccc2c(c1)OCO2. The predicted molar refractivity (Wildman–Crippen MR) is 166 cm³/mol. The third kappa shape index (κ3) is 7.61. The van der Waals surface area contributed by atoms with E-state index in [2.05, 4.69) is 5.32 Å². The van der Waals surface area contributed by atoms with Crippen LogP contribution in [-0.4, -0.2) is 56.3 Å². The maximum Gasteiger partial charge on any atom is 0.244 e. The zero-order valence-electron chi connectivity index (χ0n) is 24.1. The van der Waals surface area contributed by atoms with Gasteiger partial charge in [0.15, 0.2) is 11.5 Å². The number of sulfonamides is 1. The molecular formula is C32H36ClN3O6S. The van der Waals surface area contributed by atoms with Gasteiger partial charge in [-0.15, -0.1) is 0 Å². The molecule has 2 amide bonds. The van der Waals surface area contributed by atoms with E-state index in [1.165, 1.54) is 11.8 Å². The van der Waals surface area contributed by atoms with Crippen molar-refractivity contribution < 1.29 is 27.5 Å². The van der Waals surface area contributed by atoms with Crippen molar-refractivity contribution in [2.75, 3.05) is 23.4 Å². The Balaban J connectivity index is 1.52. The molecule has 3 aromatic carbocycles. The average molecular weight is 626 g/mol. The van der Waals surface area contributed by atoms with E-state index < -0.39 is 28.5 Å². The second kappa shape index (κ2) is 13.7. The molecule has 0 spiro atoms. The molecular weight excluding hydrogens is 590 g/mol. The summed E-state index contributed by atoms with van der Waals surface area (Å²) < 4.78 is 38.7. The largest absolute Gasteiger partial charge is 0.454 e. The summed E-state index contributed by atoms with van der Waals surface area (Å²) in [7, 11) is -3.89. The molecule has 11 heteroatoms. The van der Waals surface area contributed by atoms with Crippen LogP contribution in [-0.2, 0) is 32.6 Å². The molecule has 2 aliphatic rings. The number of halogens is 1. The van der Waals surface area contributed by atoms with Crippen molar-refractivity contribution in [2.45, 2.75) is 57.7 Å². The lowest BCUT2D eigenvalue weighted by molar-refractivity contribution is -0.140. The Morgan fingerprint density at radius 2 is 1.67 bits per heavy atom. The Hall–Kier alpha value is -3.76. The molecule has 228 valence electrons. The molecule has 9 nitrogen and oxygen atoms in total. The van der Waals surface area contributed by atoms with E-state index in [4.69, 9.17) is 21.1 Å². The van der Waals surface area contributed by atoms with Gasteiger partial charge in [0.2, 0.25) is 28.6 Å². The highest BCUT2D eigenvalue weighted by Crippen LogP contribution is 2.36. The number of hydrogen-bond acceptors (Lipinski definition) is 6. The van der Waals surface area contributed by atoms with E-state index >= 15 is 0 Å². The van der Waals surface area contributed by atoms with Crippen LogP contribution < -0.4 is 19.1 Å². The monoisotopic (exact) mass is 625 g/mol. The summed E-state index contributed by atoms with van der Waals surface area (Å²) >= 11 is 6.29. The molecule has 43 heavy (non-hydrogen) atoms. The summed E-state index contributed by atoms with van der Waals surface area (Å²) in [5.41, 5.74) is 1.88. The summed E-state index contributed by atoms with van der Waals surface area (Å²) in [5, 5.41) is 3.66. The van der Waals surface area contributed by atoms with E-state index in [0.717, 1.165) is 41.1 Å². The van der Waals surface area contributed by atoms with Gasteiger partial charge in [-0.25, -0.2) is 8.42 Å². The molecule has 1 aliphatic carbocycles. The maximum atomic E-state index is 14.3. The highest BCUT2D eigenvalue weighted by atomic mass is 35.5. The molecule has 0 radical (unpaired) electrons. The first-order valence-corrected chi connectivity index (χ1v) is 16.5. The predicted octanol–water partition coefficient (Wildman–Crippen LogP) is 4.92. The van der Waals surface area contributed by atoms with E-state index in [1.807, 2.05) is 36.4 Å². The van der Waals surface area contributed by atoms with Gasteiger partial charge in [-0.3, -0.25) is 13.9 Å². The number of nitrogens with one attached hydrogen (secondary N) is 1. The molecule has 1 unspecified atom stereocenters. The number of carbonyl (C=O) groups excluding carboxylic acids is 2. The Morgan fingerprint density at radius 1 is 0.953 bits per heavy atom. The summed E-state index contributed by atoms with van der Waals surface area (Å²) in [6.45, 7) is 1.12. The van der Waals surface area contributed by atoms with Crippen LogP contribution in [0.2, 0.25) is 5.02 Å². The van der Waals surface area contributed by atoms with Crippen LogP contribution in [0.25, 0.3) is 0 Å². The zero-order valence-corrected chi connectivity index (χ0v) is 25.6. The van der Waals surface area contributed by atoms with E-state index in [0.29, 0.717) is 16.5 Å². The number of ether oxygens (including phenoxy) is 2. The molecule has 5 rings (SSSR count). The third-order valence-electron chi connectivity index (χ3n) is 7.84. The fourth-order valence-corrected chi connectivity index (χ4v) is 6.78. The first-order valence-electron chi connectivity index (χ1n) is 14.5. The van der Waals surface area contributed by atoms with E-state index in [-0.39, 0.29) is 43.1 Å².